The molecule has 7 nitrogen and oxygen atoms in total. The number of rotatable bonds is 2. The summed E-state index contributed by atoms with van der Waals surface area (Å²) >= 11 is 6.10. The zero-order valence-corrected chi connectivity index (χ0v) is 16.7. The van der Waals surface area contributed by atoms with E-state index in [0.717, 1.165) is 0 Å². The first-order valence-electron chi connectivity index (χ1n) is 7.92. The fourth-order valence-electron chi connectivity index (χ4n) is 1.97. The van der Waals surface area contributed by atoms with Crippen LogP contribution in [0.4, 0.5) is 15.3 Å². The fourth-order valence-corrected chi connectivity index (χ4v) is 2.21. The van der Waals surface area contributed by atoms with E-state index in [9.17, 15) is 14.4 Å². The van der Waals surface area contributed by atoms with Crippen LogP contribution in [0, 0.1) is 6.92 Å². The highest BCUT2D eigenvalue weighted by molar-refractivity contribution is 6.35. The summed E-state index contributed by atoms with van der Waals surface area (Å²) in [6.07, 6.45) is -1.90. The molecule has 0 unspecified atom stereocenters. The second kappa shape index (κ2) is 7.53. The predicted molar refractivity (Wildman–Crippen MR) is 98.1 cm³/mol. The summed E-state index contributed by atoms with van der Waals surface area (Å²) in [7, 11) is 0. The van der Waals surface area contributed by atoms with Crippen molar-refractivity contribution >= 4 is 35.4 Å². The van der Waals surface area contributed by atoms with Gasteiger partial charge in [-0.25, -0.2) is 14.4 Å². The van der Waals surface area contributed by atoms with E-state index in [0.29, 0.717) is 4.90 Å². The molecule has 1 aromatic carbocycles. The predicted octanol–water partition coefficient (Wildman–Crippen LogP) is 5.02. The monoisotopic (exact) mass is 385 g/mol. The summed E-state index contributed by atoms with van der Waals surface area (Å²) in [5, 5.41) is 9.09. The number of nitrogens with zero attached hydrogens (tertiary/aromatic N) is 1. The van der Waals surface area contributed by atoms with Gasteiger partial charge in [-0.1, -0.05) is 11.6 Å². The summed E-state index contributed by atoms with van der Waals surface area (Å²) in [5.74, 6) is -1.22. The maximum Gasteiger partial charge on any atom is 0.424 e. The molecular weight excluding hydrogens is 362 g/mol. The lowest BCUT2D eigenvalue weighted by Gasteiger charge is -2.29. The van der Waals surface area contributed by atoms with Gasteiger partial charge in [-0.2, -0.15) is 4.90 Å². The molecule has 0 spiro atoms. The van der Waals surface area contributed by atoms with E-state index >= 15 is 0 Å². The number of carboxylic acid groups (broad SMARTS) is 1. The average Bonchev–Trinajstić information content (AvgIpc) is 2.39. The van der Waals surface area contributed by atoms with Gasteiger partial charge in [0.15, 0.2) is 0 Å². The number of hydrogen-bond donors (Lipinski definition) is 1. The first kappa shape index (κ1) is 21.8. The Morgan fingerprint density at radius 3 is 1.73 bits per heavy atom. The van der Waals surface area contributed by atoms with Gasteiger partial charge in [0, 0.05) is 0 Å². The van der Waals surface area contributed by atoms with E-state index in [2.05, 4.69) is 0 Å². The molecule has 1 rings (SSSR count). The fraction of sp³-hybridized carbons (Fsp3) is 0.500. The van der Waals surface area contributed by atoms with Gasteiger partial charge in [0.1, 0.15) is 11.2 Å². The van der Waals surface area contributed by atoms with Crippen molar-refractivity contribution in [3.05, 3.63) is 28.3 Å². The Morgan fingerprint density at radius 2 is 1.38 bits per heavy atom. The quantitative estimate of drug-likeness (QED) is 0.767. The summed E-state index contributed by atoms with van der Waals surface area (Å²) in [4.78, 5) is 37.2. The smallest absolute Gasteiger partial charge is 0.424 e. The van der Waals surface area contributed by atoms with Crippen molar-refractivity contribution in [1.82, 2.24) is 0 Å². The van der Waals surface area contributed by atoms with E-state index in [4.69, 9.17) is 26.2 Å². The van der Waals surface area contributed by atoms with Gasteiger partial charge in [-0.05, 0) is 66.2 Å². The van der Waals surface area contributed by atoms with Crippen LogP contribution in [0.25, 0.3) is 0 Å². The van der Waals surface area contributed by atoms with E-state index in [1.165, 1.54) is 19.1 Å². The molecule has 8 heteroatoms. The SMILES string of the molecule is Cc1c(N(C(=O)OC(C)(C)C)C(=O)OC(C)(C)C)ccc(C(=O)O)c1Cl. The third kappa shape index (κ3) is 5.62. The second-order valence-electron chi connectivity index (χ2n) is 7.67. The number of halogens is 1. The summed E-state index contributed by atoms with van der Waals surface area (Å²) in [5.41, 5.74) is -1.51. The molecule has 0 aromatic heterocycles. The van der Waals surface area contributed by atoms with Gasteiger partial charge < -0.3 is 14.6 Å². The van der Waals surface area contributed by atoms with Crippen molar-refractivity contribution in [2.45, 2.75) is 59.7 Å². The molecule has 0 fully saturated rings. The van der Waals surface area contributed by atoms with E-state index < -0.39 is 29.4 Å². The van der Waals surface area contributed by atoms with E-state index in [1.807, 2.05) is 0 Å². The Morgan fingerprint density at radius 1 is 0.962 bits per heavy atom. The molecule has 0 atom stereocenters. The maximum atomic E-state index is 12.6. The number of carbonyl (C=O) groups excluding carboxylic acids is 2. The molecule has 0 aliphatic rings. The standard InChI is InChI=1S/C18H24ClNO6/c1-10-12(9-8-11(13(10)19)14(21)22)20(15(23)25-17(2,3)4)16(24)26-18(5,6)7/h8-9H,1-7H3,(H,21,22). The normalized spacial score (nSPS) is 11.7. The first-order chi connectivity index (χ1) is 11.6. The van der Waals surface area contributed by atoms with Crippen LogP contribution in [0.1, 0.15) is 57.5 Å². The van der Waals surface area contributed by atoms with Gasteiger partial charge in [-0.15, -0.1) is 0 Å². The summed E-state index contributed by atoms with van der Waals surface area (Å²) < 4.78 is 10.6. The van der Waals surface area contributed by atoms with Gasteiger partial charge in [-0.3, -0.25) is 0 Å². The first-order valence-corrected chi connectivity index (χ1v) is 8.30. The molecule has 2 amide bonds. The number of benzene rings is 1. The number of carbonyl (C=O) groups is 3. The minimum atomic E-state index is -1.22. The molecule has 0 bridgehead atoms. The third-order valence-electron chi connectivity index (χ3n) is 2.98. The number of ether oxygens (including phenoxy) is 2. The molecule has 0 saturated heterocycles. The van der Waals surface area contributed by atoms with E-state index in [1.54, 1.807) is 41.5 Å². The topological polar surface area (TPSA) is 93.1 Å². The molecule has 0 aliphatic carbocycles. The van der Waals surface area contributed by atoms with Crippen LogP contribution in [0.5, 0.6) is 0 Å². The minimum Gasteiger partial charge on any atom is -0.478 e. The van der Waals surface area contributed by atoms with Crippen molar-refractivity contribution in [3.8, 4) is 0 Å². The van der Waals surface area contributed by atoms with Crippen molar-refractivity contribution in [3.63, 3.8) is 0 Å². The van der Waals surface area contributed by atoms with Crippen LogP contribution >= 0.6 is 11.6 Å². The molecule has 1 aromatic rings. The molecule has 0 radical (unpaired) electrons. The molecule has 0 saturated carbocycles. The number of imide groups is 1. The van der Waals surface area contributed by atoms with Gasteiger partial charge in [0.2, 0.25) is 0 Å². The maximum absolute atomic E-state index is 12.6. The number of carboxylic acids is 1. The van der Waals surface area contributed by atoms with Crippen LogP contribution < -0.4 is 4.90 Å². The lowest BCUT2D eigenvalue weighted by Crippen LogP contribution is -2.44. The van der Waals surface area contributed by atoms with Crippen LogP contribution in [-0.4, -0.2) is 34.5 Å². The lowest BCUT2D eigenvalue weighted by molar-refractivity contribution is 0.0430. The van der Waals surface area contributed by atoms with Crippen molar-refractivity contribution < 1.29 is 29.0 Å². The van der Waals surface area contributed by atoms with Crippen LogP contribution in [-0.2, 0) is 9.47 Å². The molecule has 1 N–H and O–H groups in total. The number of aromatic carboxylic acids is 1. The Kier molecular flexibility index (Phi) is 6.31. The lowest BCUT2D eigenvalue weighted by atomic mass is 10.1. The Labute approximate surface area is 157 Å². The van der Waals surface area contributed by atoms with Gasteiger partial charge in [0.25, 0.3) is 0 Å². The molecule has 26 heavy (non-hydrogen) atoms. The highest BCUT2D eigenvalue weighted by Crippen LogP contribution is 2.32. The molecule has 0 aliphatic heterocycles. The molecule has 0 heterocycles. The Bertz CT molecular complexity index is 702. The Balaban J connectivity index is 3.46. The van der Waals surface area contributed by atoms with Gasteiger partial charge >= 0.3 is 18.2 Å². The zero-order chi connectivity index (χ0) is 20.4. The van der Waals surface area contributed by atoms with Crippen LogP contribution in [0.2, 0.25) is 5.02 Å². The third-order valence-corrected chi connectivity index (χ3v) is 3.47. The highest BCUT2D eigenvalue weighted by Gasteiger charge is 2.34. The summed E-state index contributed by atoms with van der Waals surface area (Å²) in [6.45, 7) is 11.5. The van der Waals surface area contributed by atoms with Crippen molar-refractivity contribution in [1.29, 1.82) is 0 Å². The van der Waals surface area contributed by atoms with Crippen molar-refractivity contribution in [2.75, 3.05) is 4.90 Å². The van der Waals surface area contributed by atoms with Crippen LogP contribution in [0.15, 0.2) is 12.1 Å². The average molecular weight is 386 g/mol. The number of amides is 2. The van der Waals surface area contributed by atoms with Crippen molar-refractivity contribution in [2.24, 2.45) is 0 Å². The molecule has 144 valence electrons. The Hall–Kier alpha value is -2.28. The second-order valence-corrected chi connectivity index (χ2v) is 8.05. The van der Waals surface area contributed by atoms with Crippen LogP contribution in [0.3, 0.4) is 0 Å². The summed E-state index contributed by atoms with van der Waals surface area (Å²) in [6, 6.07) is 2.53. The van der Waals surface area contributed by atoms with Gasteiger partial charge in [0.05, 0.1) is 16.3 Å². The minimum absolute atomic E-state index is 0.0767. The number of hydrogen-bond acceptors (Lipinski definition) is 5. The highest BCUT2D eigenvalue weighted by atomic mass is 35.5. The largest absolute Gasteiger partial charge is 0.478 e. The van der Waals surface area contributed by atoms with E-state index in [-0.39, 0.29) is 21.8 Å². The number of anilines is 1. The zero-order valence-electron chi connectivity index (χ0n) is 16.0. The molecular formula is C18H24ClNO6.